The first-order chi connectivity index (χ1) is 8.68. The molecule has 6 nitrogen and oxygen atoms in total. The largest absolute Gasteiger partial charge is 1.00 e. The Hall–Kier alpha value is -0.180. The molecule has 0 saturated carbocycles. The molecule has 120 valence electrons. The Morgan fingerprint density at radius 1 is 0.524 bits per heavy atom. The Bertz CT molecular complexity index is 416. The number of rotatable bonds is 0. The summed E-state index contributed by atoms with van der Waals surface area (Å²) in [5.74, 6) is 0. The predicted octanol–water partition coefficient (Wildman–Crippen LogP) is -9.47. The van der Waals surface area contributed by atoms with Crippen LogP contribution in [0.5, 0.6) is 0 Å². The lowest BCUT2D eigenvalue weighted by Crippen LogP contribution is -3.00. The SMILES string of the molecule is C[n+]1cc[nH]c1.C[n+]1cc[nH]c1.C[n+]1cc[nH]c1.[I-].[I-].[I-]. The van der Waals surface area contributed by atoms with E-state index in [2.05, 4.69) is 15.0 Å². The number of aryl methyl sites for hydroxylation is 3. The quantitative estimate of drug-likeness (QED) is 0.164. The lowest BCUT2D eigenvalue weighted by molar-refractivity contribution is -0.670. The van der Waals surface area contributed by atoms with E-state index in [0.29, 0.717) is 0 Å². The highest BCUT2D eigenvalue weighted by Crippen LogP contribution is 1.60. The Morgan fingerprint density at radius 3 is 0.810 bits per heavy atom. The normalized spacial score (nSPS) is 7.57. The van der Waals surface area contributed by atoms with E-state index in [1.165, 1.54) is 0 Å². The molecule has 0 atom stereocenters. The third-order valence-electron chi connectivity index (χ3n) is 2.05. The number of nitrogens with one attached hydrogen (secondary N) is 3. The van der Waals surface area contributed by atoms with Gasteiger partial charge < -0.3 is 71.9 Å². The highest BCUT2D eigenvalue weighted by Gasteiger charge is 1.79. The van der Waals surface area contributed by atoms with E-state index < -0.39 is 0 Å². The van der Waals surface area contributed by atoms with E-state index in [1.54, 1.807) is 0 Å². The van der Waals surface area contributed by atoms with Gasteiger partial charge in [-0.3, -0.25) is 15.0 Å². The van der Waals surface area contributed by atoms with Crippen LogP contribution in [0.15, 0.2) is 56.2 Å². The van der Waals surface area contributed by atoms with Crippen LogP contribution in [0.1, 0.15) is 0 Å². The van der Waals surface area contributed by atoms with Crippen molar-refractivity contribution in [2.75, 3.05) is 0 Å². The monoisotopic (exact) mass is 630 g/mol. The highest BCUT2D eigenvalue weighted by molar-refractivity contribution is 4.55. The van der Waals surface area contributed by atoms with Gasteiger partial charge in [0.15, 0.2) is 0 Å². The smallest absolute Gasteiger partial charge is 0.241 e. The Kier molecular flexibility index (Phi) is 19.9. The maximum atomic E-state index is 2.89. The number of aromatic nitrogens is 6. The fourth-order valence-electron chi connectivity index (χ4n) is 1.09. The van der Waals surface area contributed by atoms with Crippen molar-refractivity contribution in [3.8, 4) is 0 Å². The van der Waals surface area contributed by atoms with Crippen LogP contribution >= 0.6 is 0 Å². The van der Waals surface area contributed by atoms with Crippen LogP contribution in [0.25, 0.3) is 0 Å². The summed E-state index contributed by atoms with van der Waals surface area (Å²) in [6, 6.07) is 0. The fraction of sp³-hybridized carbons (Fsp3) is 0.250. The van der Waals surface area contributed by atoms with Crippen molar-refractivity contribution in [1.29, 1.82) is 0 Å². The summed E-state index contributed by atoms with van der Waals surface area (Å²) in [4.78, 5) is 8.68. The minimum atomic E-state index is 0. The molecule has 0 aliphatic carbocycles. The molecule has 0 unspecified atom stereocenters. The second-order valence-corrected chi connectivity index (χ2v) is 3.83. The standard InChI is InChI=1S/3C4H6N2.3HI/c3*1-6-3-2-5-4-6;;;/h3*2-4H,1H3;3*1H. The summed E-state index contributed by atoms with van der Waals surface area (Å²) in [6.45, 7) is 0. The Morgan fingerprint density at radius 2 is 0.762 bits per heavy atom. The van der Waals surface area contributed by atoms with Crippen molar-refractivity contribution in [1.82, 2.24) is 15.0 Å². The van der Waals surface area contributed by atoms with Crippen molar-refractivity contribution in [3.63, 3.8) is 0 Å². The molecule has 3 N–H and O–H groups in total. The molecule has 3 rings (SSSR count). The number of imidazole rings is 3. The number of aromatic amines is 3. The average Bonchev–Trinajstić information content (AvgIpc) is 3.05. The minimum absolute atomic E-state index is 0. The van der Waals surface area contributed by atoms with E-state index in [9.17, 15) is 0 Å². The first-order valence-electron chi connectivity index (χ1n) is 5.62. The molecule has 0 aromatic carbocycles. The van der Waals surface area contributed by atoms with Crippen LogP contribution in [0, 0.1) is 0 Å². The molecule has 0 aliphatic rings. The molecule has 0 bridgehead atoms. The average molecular weight is 630 g/mol. The van der Waals surface area contributed by atoms with Crippen LogP contribution in [-0.4, -0.2) is 15.0 Å². The van der Waals surface area contributed by atoms with E-state index in [0.717, 1.165) is 0 Å². The summed E-state index contributed by atoms with van der Waals surface area (Å²) in [7, 11) is 5.91. The molecule has 3 heterocycles. The zero-order valence-corrected chi connectivity index (χ0v) is 18.6. The molecule has 0 radical (unpaired) electrons. The topological polar surface area (TPSA) is 59.0 Å². The fourth-order valence-corrected chi connectivity index (χ4v) is 1.09. The summed E-state index contributed by atoms with van der Waals surface area (Å²) in [5, 5.41) is 0. The Labute approximate surface area is 176 Å². The molecule has 3 aromatic heterocycles. The molecule has 3 aromatic rings. The first kappa shape index (κ1) is 25.8. The van der Waals surface area contributed by atoms with Gasteiger partial charge in [0.2, 0.25) is 19.0 Å². The van der Waals surface area contributed by atoms with Crippen LogP contribution in [0.3, 0.4) is 0 Å². The molecular weight excluding hydrogens is 609 g/mol. The van der Waals surface area contributed by atoms with Gasteiger partial charge in [-0.25, -0.2) is 13.7 Å². The lowest BCUT2D eigenvalue weighted by Gasteiger charge is -1.66. The highest BCUT2D eigenvalue weighted by atomic mass is 127. The van der Waals surface area contributed by atoms with Crippen molar-refractivity contribution in [2.24, 2.45) is 21.1 Å². The van der Waals surface area contributed by atoms with Crippen molar-refractivity contribution >= 4 is 0 Å². The summed E-state index contributed by atoms with van der Waals surface area (Å²) >= 11 is 0. The van der Waals surface area contributed by atoms with Crippen LogP contribution in [0.2, 0.25) is 0 Å². The van der Waals surface area contributed by atoms with E-state index >= 15 is 0 Å². The second-order valence-electron chi connectivity index (χ2n) is 3.83. The Balaban J connectivity index is -0.000000216. The zero-order valence-electron chi connectivity index (χ0n) is 12.2. The molecule has 21 heavy (non-hydrogen) atoms. The molecular formula is C12H21I3N6. The van der Waals surface area contributed by atoms with Gasteiger partial charge in [-0.2, -0.15) is 0 Å². The summed E-state index contributed by atoms with van der Waals surface area (Å²) < 4.78 is 5.83. The van der Waals surface area contributed by atoms with Crippen molar-refractivity contribution < 1.29 is 85.6 Å². The van der Waals surface area contributed by atoms with E-state index in [-0.39, 0.29) is 71.9 Å². The number of halogens is 3. The van der Waals surface area contributed by atoms with Crippen molar-refractivity contribution in [2.45, 2.75) is 0 Å². The van der Waals surface area contributed by atoms with Gasteiger partial charge in [-0.1, -0.05) is 0 Å². The molecule has 0 saturated heterocycles. The molecule has 0 aliphatic heterocycles. The van der Waals surface area contributed by atoms with Gasteiger partial charge in [0.05, 0.1) is 21.1 Å². The zero-order chi connectivity index (χ0) is 13.2. The molecule has 9 heteroatoms. The lowest BCUT2D eigenvalue weighted by atomic mass is 10.9. The van der Waals surface area contributed by atoms with Crippen LogP contribution in [0.4, 0.5) is 0 Å². The van der Waals surface area contributed by atoms with Gasteiger partial charge in [0, 0.05) is 0 Å². The van der Waals surface area contributed by atoms with Gasteiger partial charge in [-0.05, 0) is 0 Å². The van der Waals surface area contributed by atoms with Gasteiger partial charge >= 0.3 is 0 Å². The molecule has 0 amide bonds. The predicted molar refractivity (Wildman–Crippen MR) is 65.9 cm³/mol. The summed E-state index contributed by atoms with van der Waals surface area (Å²) in [6.07, 6.45) is 17.1. The number of hydrogen-bond acceptors (Lipinski definition) is 0. The third kappa shape index (κ3) is 14.5. The first-order valence-corrected chi connectivity index (χ1v) is 5.62. The maximum Gasteiger partial charge on any atom is 0.241 e. The second kappa shape index (κ2) is 16.2. The third-order valence-corrected chi connectivity index (χ3v) is 2.05. The maximum absolute atomic E-state index is 2.89. The van der Waals surface area contributed by atoms with Gasteiger partial charge in [0.1, 0.15) is 37.2 Å². The minimum Gasteiger partial charge on any atom is -1.00 e. The number of nitrogens with zero attached hydrogens (tertiary/aromatic N) is 3. The van der Waals surface area contributed by atoms with Crippen LogP contribution in [-0.2, 0) is 21.1 Å². The summed E-state index contributed by atoms with van der Waals surface area (Å²) in [5.41, 5.74) is 0. The van der Waals surface area contributed by atoms with E-state index in [4.69, 9.17) is 0 Å². The van der Waals surface area contributed by atoms with Gasteiger partial charge in [0.25, 0.3) is 0 Å². The van der Waals surface area contributed by atoms with Crippen molar-refractivity contribution in [3.05, 3.63) is 56.2 Å². The van der Waals surface area contributed by atoms with Gasteiger partial charge in [-0.15, -0.1) is 0 Å². The van der Waals surface area contributed by atoms with E-state index in [1.807, 2.05) is 91.0 Å². The molecule has 0 spiro atoms. The van der Waals surface area contributed by atoms with Crippen LogP contribution < -0.4 is 85.6 Å². The number of hydrogen-bond donors (Lipinski definition) is 3. The molecule has 0 fully saturated rings. The number of H-pyrrole nitrogens is 3.